The summed E-state index contributed by atoms with van der Waals surface area (Å²) >= 11 is 0. The number of carbonyl (C=O) groups excluding carboxylic acids is 1. The number of nitrogens with one attached hydrogen (secondary N) is 1. The molecule has 1 aliphatic rings. The van der Waals surface area contributed by atoms with E-state index >= 15 is 0 Å². The first-order valence-corrected chi connectivity index (χ1v) is 5.66. The molecule has 0 radical (unpaired) electrons. The second kappa shape index (κ2) is 5.16. The van der Waals surface area contributed by atoms with Gasteiger partial charge in [0.25, 0.3) is 5.91 Å². The van der Waals surface area contributed by atoms with E-state index in [4.69, 9.17) is 10.6 Å². The molecule has 5 heteroatoms. The summed E-state index contributed by atoms with van der Waals surface area (Å²) in [5.74, 6) is 4.87. The molecule has 1 saturated heterocycles. The molecule has 5 nitrogen and oxygen atoms in total. The zero-order chi connectivity index (χ0) is 12.3. The topological polar surface area (TPSA) is 67.6 Å². The minimum absolute atomic E-state index is 0.254. The number of benzene rings is 1. The summed E-state index contributed by atoms with van der Waals surface area (Å²) in [5.41, 5.74) is 4.82. The number of aryl methyl sites for hydroxylation is 1. The predicted molar refractivity (Wildman–Crippen MR) is 65.9 cm³/mol. The maximum atomic E-state index is 11.5. The molecule has 1 fully saturated rings. The van der Waals surface area contributed by atoms with Gasteiger partial charge in [-0.05, 0) is 30.7 Å². The Kier molecular flexibility index (Phi) is 3.61. The van der Waals surface area contributed by atoms with Crippen LogP contribution in [0.1, 0.15) is 15.9 Å². The lowest BCUT2D eigenvalue weighted by Gasteiger charge is -2.29. The summed E-state index contributed by atoms with van der Waals surface area (Å²) in [6, 6.07) is 5.76. The fourth-order valence-electron chi connectivity index (χ4n) is 2.00. The Morgan fingerprint density at radius 2 is 2.12 bits per heavy atom. The van der Waals surface area contributed by atoms with Gasteiger partial charge in [0.1, 0.15) is 0 Å². The van der Waals surface area contributed by atoms with Crippen molar-refractivity contribution in [3.05, 3.63) is 29.3 Å². The minimum Gasteiger partial charge on any atom is -0.378 e. The van der Waals surface area contributed by atoms with Gasteiger partial charge in [0.2, 0.25) is 0 Å². The van der Waals surface area contributed by atoms with Crippen LogP contribution >= 0.6 is 0 Å². The van der Waals surface area contributed by atoms with E-state index in [0.717, 1.165) is 37.6 Å². The van der Waals surface area contributed by atoms with Crippen molar-refractivity contribution < 1.29 is 9.53 Å². The zero-order valence-electron chi connectivity index (χ0n) is 9.90. The summed E-state index contributed by atoms with van der Waals surface area (Å²) in [4.78, 5) is 13.7. The SMILES string of the molecule is Cc1cc(N2CCOCC2)ccc1C(=O)NN. The second-order valence-corrected chi connectivity index (χ2v) is 4.07. The van der Waals surface area contributed by atoms with E-state index in [2.05, 4.69) is 10.3 Å². The summed E-state index contributed by atoms with van der Waals surface area (Å²) in [6.07, 6.45) is 0. The van der Waals surface area contributed by atoms with E-state index in [1.807, 2.05) is 25.1 Å². The van der Waals surface area contributed by atoms with Gasteiger partial charge < -0.3 is 9.64 Å². The molecule has 92 valence electrons. The maximum Gasteiger partial charge on any atom is 0.265 e. The molecule has 0 bridgehead atoms. The molecule has 1 aromatic rings. The number of carbonyl (C=O) groups is 1. The Labute approximate surface area is 101 Å². The van der Waals surface area contributed by atoms with Crippen molar-refractivity contribution >= 4 is 11.6 Å². The van der Waals surface area contributed by atoms with Crippen molar-refractivity contribution in [1.29, 1.82) is 0 Å². The predicted octanol–water partition coefficient (Wildman–Crippen LogP) is 0.435. The van der Waals surface area contributed by atoms with Crippen molar-refractivity contribution in [1.82, 2.24) is 5.43 Å². The van der Waals surface area contributed by atoms with Crippen LogP contribution in [0.4, 0.5) is 5.69 Å². The van der Waals surface area contributed by atoms with Crippen molar-refractivity contribution in [2.45, 2.75) is 6.92 Å². The molecule has 1 heterocycles. The summed E-state index contributed by atoms with van der Waals surface area (Å²) in [5, 5.41) is 0. The van der Waals surface area contributed by atoms with Gasteiger partial charge in [0.15, 0.2) is 0 Å². The number of nitrogens with two attached hydrogens (primary N) is 1. The van der Waals surface area contributed by atoms with Gasteiger partial charge in [0, 0.05) is 24.3 Å². The van der Waals surface area contributed by atoms with E-state index in [1.54, 1.807) is 0 Å². The van der Waals surface area contributed by atoms with E-state index in [1.165, 1.54) is 0 Å². The number of hydrazine groups is 1. The number of hydrogen-bond acceptors (Lipinski definition) is 4. The van der Waals surface area contributed by atoms with Crippen molar-refractivity contribution in [3.63, 3.8) is 0 Å². The third-order valence-electron chi connectivity index (χ3n) is 2.96. The summed E-state index contributed by atoms with van der Waals surface area (Å²) in [7, 11) is 0. The molecule has 1 aromatic carbocycles. The molecule has 1 aliphatic heterocycles. The summed E-state index contributed by atoms with van der Waals surface area (Å²) < 4.78 is 5.31. The van der Waals surface area contributed by atoms with Crippen LogP contribution in [0.25, 0.3) is 0 Å². The van der Waals surface area contributed by atoms with E-state index in [9.17, 15) is 4.79 Å². The van der Waals surface area contributed by atoms with Crippen molar-refractivity contribution in [3.8, 4) is 0 Å². The quantitative estimate of drug-likeness (QED) is 0.443. The Morgan fingerprint density at radius 1 is 1.41 bits per heavy atom. The van der Waals surface area contributed by atoms with Crippen LogP contribution in [0.3, 0.4) is 0 Å². The molecule has 1 amide bonds. The van der Waals surface area contributed by atoms with E-state index < -0.39 is 0 Å². The number of hydrogen-bond donors (Lipinski definition) is 2. The van der Waals surface area contributed by atoms with Crippen molar-refractivity contribution in [2.75, 3.05) is 31.2 Å². The Hall–Kier alpha value is -1.59. The lowest BCUT2D eigenvalue weighted by molar-refractivity contribution is 0.0953. The highest BCUT2D eigenvalue weighted by atomic mass is 16.5. The van der Waals surface area contributed by atoms with Gasteiger partial charge in [-0.15, -0.1) is 0 Å². The van der Waals surface area contributed by atoms with Gasteiger partial charge in [-0.3, -0.25) is 10.2 Å². The van der Waals surface area contributed by atoms with Crippen molar-refractivity contribution in [2.24, 2.45) is 5.84 Å². The Morgan fingerprint density at radius 3 is 2.71 bits per heavy atom. The Bertz CT molecular complexity index is 414. The average Bonchev–Trinajstić information content (AvgIpc) is 2.39. The van der Waals surface area contributed by atoms with Gasteiger partial charge in [-0.25, -0.2) is 5.84 Å². The van der Waals surface area contributed by atoms with E-state index in [0.29, 0.717) is 5.56 Å². The van der Waals surface area contributed by atoms with Gasteiger partial charge >= 0.3 is 0 Å². The van der Waals surface area contributed by atoms with E-state index in [-0.39, 0.29) is 5.91 Å². The third-order valence-corrected chi connectivity index (χ3v) is 2.96. The first-order chi connectivity index (χ1) is 8.22. The fraction of sp³-hybridized carbons (Fsp3) is 0.417. The average molecular weight is 235 g/mol. The highest BCUT2D eigenvalue weighted by Crippen LogP contribution is 2.20. The van der Waals surface area contributed by atoms with Gasteiger partial charge in [-0.1, -0.05) is 0 Å². The van der Waals surface area contributed by atoms with Crippen LogP contribution in [0, 0.1) is 6.92 Å². The van der Waals surface area contributed by atoms with Crippen LogP contribution in [0.5, 0.6) is 0 Å². The summed E-state index contributed by atoms with van der Waals surface area (Å²) in [6.45, 7) is 5.20. The fourth-order valence-corrected chi connectivity index (χ4v) is 2.00. The van der Waals surface area contributed by atoms with Crippen LogP contribution in [-0.4, -0.2) is 32.2 Å². The lowest BCUT2D eigenvalue weighted by Crippen LogP contribution is -2.36. The zero-order valence-corrected chi connectivity index (χ0v) is 9.90. The molecule has 0 saturated carbocycles. The molecule has 0 aromatic heterocycles. The standard InChI is InChI=1S/C12H17N3O2/c1-9-8-10(15-4-6-17-7-5-15)2-3-11(9)12(16)14-13/h2-3,8H,4-7,13H2,1H3,(H,14,16). The minimum atomic E-state index is -0.254. The molecule has 0 atom stereocenters. The van der Waals surface area contributed by atoms with Crippen LogP contribution in [0.15, 0.2) is 18.2 Å². The molecule has 0 unspecified atom stereocenters. The second-order valence-electron chi connectivity index (χ2n) is 4.07. The molecule has 2 rings (SSSR count). The van der Waals surface area contributed by atoms with Crippen LogP contribution in [-0.2, 0) is 4.74 Å². The number of ether oxygens (including phenoxy) is 1. The molecular formula is C12H17N3O2. The number of morpholine rings is 1. The normalized spacial score (nSPS) is 15.8. The first-order valence-electron chi connectivity index (χ1n) is 5.66. The molecule has 17 heavy (non-hydrogen) atoms. The van der Waals surface area contributed by atoms with Gasteiger partial charge in [0.05, 0.1) is 13.2 Å². The van der Waals surface area contributed by atoms with Crippen LogP contribution < -0.4 is 16.2 Å². The number of nitrogens with zero attached hydrogens (tertiary/aromatic N) is 1. The molecular weight excluding hydrogens is 218 g/mol. The molecule has 0 spiro atoms. The number of anilines is 1. The number of amides is 1. The third kappa shape index (κ3) is 2.57. The van der Waals surface area contributed by atoms with Gasteiger partial charge in [-0.2, -0.15) is 0 Å². The number of nitrogen functional groups attached to an aromatic ring is 1. The Balaban J connectivity index is 2.20. The highest BCUT2D eigenvalue weighted by Gasteiger charge is 2.13. The number of rotatable bonds is 2. The largest absolute Gasteiger partial charge is 0.378 e. The highest BCUT2D eigenvalue weighted by molar-refractivity contribution is 5.95. The smallest absolute Gasteiger partial charge is 0.265 e. The first kappa shape index (κ1) is 11.9. The van der Waals surface area contributed by atoms with Crippen LogP contribution in [0.2, 0.25) is 0 Å². The molecule has 0 aliphatic carbocycles. The monoisotopic (exact) mass is 235 g/mol. The lowest BCUT2D eigenvalue weighted by atomic mass is 10.1. The maximum absolute atomic E-state index is 11.5. The molecule has 3 N–H and O–H groups in total.